The van der Waals surface area contributed by atoms with Crippen molar-refractivity contribution in [3.8, 4) is 5.75 Å². The monoisotopic (exact) mass is 404 g/mol. The van der Waals surface area contributed by atoms with Crippen LogP contribution in [0.3, 0.4) is 0 Å². The Bertz CT molecular complexity index is 874. The van der Waals surface area contributed by atoms with Crippen molar-refractivity contribution in [2.75, 3.05) is 0 Å². The molecule has 1 fully saturated rings. The van der Waals surface area contributed by atoms with E-state index >= 15 is 0 Å². The van der Waals surface area contributed by atoms with Crippen molar-refractivity contribution in [2.24, 2.45) is 5.92 Å². The number of carbonyl (C=O) groups is 2. The summed E-state index contributed by atoms with van der Waals surface area (Å²) in [6.07, 6.45) is 4.85. The molecule has 2 aromatic carbocycles. The number of benzene rings is 2. The fourth-order valence-electron chi connectivity index (χ4n) is 3.07. The van der Waals surface area contributed by atoms with Gasteiger partial charge in [0.1, 0.15) is 5.75 Å². The minimum Gasteiger partial charge on any atom is -0.490 e. The fourth-order valence-corrected chi connectivity index (χ4v) is 3.44. The number of hydrogen-bond donors (Lipinski definition) is 1. The van der Waals surface area contributed by atoms with Crippen LogP contribution in [0.2, 0.25) is 10.0 Å². The highest BCUT2D eigenvalue weighted by atomic mass is 35.5. The van der Waals surface area contributed by atoms with E-state index in [0.29, 0.717) is 39.8 Å². The lowest BCUT2D eigenvalue weighted by Gasteiger charge is -2.13. The lowest BCUT2D eigenvalue weighted by molar-refractivity contribution is -0.141. The van der Waals surface area contributed by atoms with Crippen LogP contribution in [-0.4, -0.2) is 23.0 Å². The number of carbonyl (C=O) groups excluding carboxylic acids is 1. The predicted octanol–water partition coefficient (Wildman–Crippen LogP) is 5.52. The molecule has 140 valence electrons. The number of carboxylic acids is 1. The highest BCUT2D eigenvalue weighted by molar-refractivity contribution is 6.42. The third-order valence-corrected chi connectivity index (χ3v) is 5.40. The minimum absolute atomic E-state index is 0.0995. The van der Waals surface area contributed by atoms with Gasteiger partial charge in [0.15, 0.2) is 5.78 Å². The molecular formula is C21H18Cl2O4. The number of aliphatic carboxylic acids is 1. The van der Waals surface area contributed by atoms with Crippen LogP contribution in [0.1, 0.15) is 35.2 Å². The summed E-state index contributed by atoms with van der Waals surface area (Å²) >= 11 is 12.1. The number of carboxylic acid groups (broad SMARTS) is 1. The first-order valence-electron chi connectivity index (χ1n) is 8.60. The molecule has 0 spiro atoms. The Morgan fingerprint density at radius 1 is 1.07 bits per heavy atom. The van der Waals surface area contributed by atoms with Crippen molar-refractivity contribution in [1.82, 2.24) is 0 Å². The molecule has 0 aliphatic heterocycles. The highest BCUT2D eigenvalue weighted by Crippen LogP contribution is 2.30. The van der Waals surface area contributed by atoms with E-state index in [0.717, 1.165) is 6.42 Å². The standard InChI is InChI=1S/C21H18Cl2O4/c22-18-3-1-2-14(20(18)23)7-11-19(24)13-4-8-16(9-5-13)27-17-10-6-15(12-17)21(25)26/h1-5,7-9,11,15,17H,6,10,12H2,(H,25,26)/b11-7+/t15-,17-/m0/s1. The molecule has 2 atom stereocenters. The van der Waals surface area contributed by atoms with Gasteiger partial charge in [0.25, 0.3) is 0 Å². The van der Waals surface area contributed by atoms with Crippen LogP contribution in [0.15, 0.2) is 48.5 Å². The summed E-state index contributed by atoms with van der Waals surface area (Å²) in [4.78, 5) is 23.3. The summed E-state index contributed by atoms with van der Waals surface area (Å²) in [5.74, 6) is -0.637. The lowest BCUT2D eigenvalue weighted by Crippen LogP contribution is -2.15. The molecule has 1 aliphatic rings. The average molecular weight is 405 g/mol. The number of ether oxygens (including phenoxy) is 1. The fraction of sp³-hybridized carbons (Fsp3) is 0.238. The summed E-state index contributed by atoms with van der Waals surface area (Å²) in [5, 5.41) is 9.89. The third kappa shape index (κ3) is 4.90. The van der Waals surface area contributed by atoms with Crippen molar-refractivity contribution in [1.29, 1.82) is 0 Å². The largest absolute Gasteiger partial charge is 0.490 e. The van der Waals surface area contributed by atoms with Crippen molar-refractivity contribution < 1.29 is 19.4 Å². The van der Waals surface area contributed by atoms with E-state index < -0.39 is 5.97 Å². The maximum Gasteiger partial charge on any atom is 0.306 e. The van der Waals surface area contributed by atoms with E-state index in [1.807, 2.05) is 0 Å². The quantitative estimate of drug-likeness (QED) is 0.508. The highest BCUT2D eigenvalue weighted by Gasteiger charge is 2.30. The Morgan fingerprint density at radius 2 is 1.81 bits per heavy atom. The molecule has 27 heavy (non-hydrogen) atoms. The smallest absolute Gasteiger partial charge is 0.306 e. The Labute approximate surface area is 167 Å². The van der Waals surface area contributed by atoms with Gasteiger partial charge in [0.2, 0.25) is 0 Å². The average Bonchev–Trinajstić information content (AvgIpc) is 3.12. The number of allylic oxidation sites excluding steroid dienone is 1. The van der Waals surface area contributed by atoms with Crippen LogP contribution in [0.5, 0.6) is 5.75 Å². The van der Waals surface area contributed by atoms with E-state index in [1.54, 1.807) is 48.5 Å². The summed E-state index contributed by atoms with van der Waals surface area (Å²) in [7, 11) is 0. The maximum atomic E-state index is 12.3. The molecule has 0 aromatic heterocycles. The summed E-state index contributed by atoms with van der Waals surface area (Å²) in [6, 6.07) is 12.0. The summed E-state index contributed by atoms with van der Waals surface area (Å²) in [6.45, 7) is 0. The second-order valence-electron chi connectivity index (χ2n) is 6.45. The first-order valence-corrected chi connectivity index (χ1v) is 9.35. The van der Waals surface area contributed by atoms with Crippen LogP contribution >= 0.6 is 23.2 Å². The number of ketones is 1. The Morgan fingerprint density at radius 3 is 2.48 bits per heavy atom. The second kappa shape index (κ2) is 8.59. The van der Waals surface area contributed by atoms with Crippen LogP contribution in [0, 0.1) is 5.92 Å². The van der Waals surface area contributed by atoms with Crippen molar-refractivity contribution in [3.63, 3.8) is 0 Å². The molecule has 1 N–H and O–H groups in total. The van der Waals surface area contributed by atoms with Gasteiger partial charge in [-0.3, -0.25) is 9.59 Å². The van der Waals surface area contributed by atoms with Gasteiger partial charge >= 0.3 is 5.97 Å². The predicted molar refractivity (Wildman–Crippen MR) is 106 cm³/mol. The molecule has 2 aromatic rings. The van der Waals surface area contributed by atoms with Crippen molar-refractivity contribution in [2.45, 2.75) is 25.4 Å². The van der Waals surface area contributed by atoms with E-state index in [-0.39, 0.29) is 17.8 Å². The lowest BCUT2D eigenvalue weighted by atomic mass is 10.1. The molecule has 1 saturated carbocycles. The van der Waals surface area contributed by atoms with Crippen LogP contribution in [0.4, 0.5) is 0 Å². The SMILES string of the molecule is O=C(/C=C/c1cccc(Cl)c1Cl)c1ccc(O[C@H]2CC[C@H](C(=O)O)C2)cc1. The van der Waals surface area contributed by atoms with Gasteiger partial charge in [-0.05, 0) is 67.3 Å². The van der Waals surface area contributed by atoms with Gasteiger partial charge in [-0.15, -0.1) is 0 Å². The minimum atomic E-state index is -0.770. The summed E-state index contributed by atoms with van der Waals surface area (Å²) in [5.41, 5.74) is 1.19. The van der Waals surface area contributed by atoms with Gasteiger partial charge in [-0.25, -0.2) is 0 Å². The zero-order chi connectivity index (χ0) is 19.4. The molecule has 1 aliphatic carbocycles. The molecule has 0 heterocycles. The zero-order valence-electron chi connectivity index (χ0n) is 14.4. The molecular weight excluding hydrogens is 387 g/mol. The van der Waals surface area contributed by atoms with Crippen LogP contribution in [0.25, 0.3) is 6.08 Å². The Hall–Kier alpha value is -2.30. The number of halogens is 2. The zero-order valence-corrected chi connectivity index (χ0v) is 15.9. The molecule has 4 nitrogen and oxygen atoms in total. The van der Waals surface area contributed by atoms with Crippen molar-refractivity contribution >= 4 is 41.0 Å². The number of rotatable bonds is 6. The van der Waals surface area contributed by atoms with Gasteiger partial charge in [-0.1, -0.05) is 35.3 Å². The molecule has 3 rings (SSSR count). The van der Waals surface area contributed by atoms with Gasteiger partial charge in [0.05, 0.1) is 22.1 Å². The first kappa shape index (κ1) is 19.5. The second-order valence-corrected chi connectivity index (χ2v) is 7.24. The molecule has 0 bridgehead atoms. The summed E-state index contributed by atoms with van der Waals surface area (Å²) < 4.78 is 5.82. The van der Waals surface area contributed by atoms with Gasteiger partial charge in [0, 0.05) is 5.56 Å². The Kier molecular flexibility index (Phi) is 6.19. The van der Waals surface area contributed by atoms with Gasteiger partial charge in [-0.2, -0.15) is 0 Å². The molecule has 6 heteroatoms. The molecule has 0 radical (unpaired) electrons. The molecule has 0 saturated heterocycles. The molecule has 0 unspecified atom stereocenters. The van der Waals surface area contributed by atoms with Gasteiger partial charge < -0.3 is 9.84 Å². The topological polar surface area (TPSA) is 63.6 Å². The number of hydrogen-bond acceptors (Lipinski definition) is 3. The van der Waals surface area contributed by atoms with E-state index in [9.17, 15) is 9.59 Å². The maximum absolute atomic E-state index is 12.3. The van der Waals surface area contributed by atoms with E-state index in [1.165, 1.54) is 6.08 Å². The van der Waals surface area contributed by atoms with E-state index in [4.69, 9.17) is 33.0 Å². The third-order valence-electron chi connectivity index (χ3n) is 4.57. The van der Waals surface area contributed by atoms with Crippen molar-refractivity contribution in [3.05, 3.63) is 69.7 Å². The van der Waals surface area contributed by atoms with Crippen LogP contribution in [-0.2, 0) is 4.79 Å². The molecule has 0 amide bonds. The van der Waals surface area contributed by atoms with Crippen LogP contribution < -0.4 is 4.74 Å². The normalized spacial score (nSPS) is 19.3. The first-order chi connectivity index (χ1) is 12.9. The Balaban J connectivity index is 1.61. The van der Waals surface area contributed by atoms with E-state index in [2.05, 4.69) is 0 Å².